The van der Waals surface area contributed by atoms with E-state index in [0.29, 0.717) is 32.7 Å². The number of hydrogen-bond acceptors (Lipinski definition) is 7. The van der Waals surface area contributed by atoms with E-state index in [1.54, 1.807) is 0 Å². The first kappa shape index (κ1) is 21.9. The number of carbonyl (C=O) groups excluding carboxylic acids is 1. The molecule has 0 saturated carbocycles. The normalized spacial score (nSPS) is 15.2. The molecule has 0 radical (unpaired) electrons. The summed E-state index contributed by atoms with van der Waals surface area (Å²) in [5.74, 6) is -1.30. The second-order valence-corrected chi connectivity index (χ2v) is 9.31. The number of thiophene rings is 1. The van der Waals surface area contributed by atoms with Crippen LogP contribution in [-0.4, -0.2) is 22.5 Å². The molecule has 0 unspecified atom stereocenters. The van der Waals surface area contributed by atoms with Crippen molar-refractivity contribution in [3.63, 3.8) is 0 Å². The van der Waals surface area contributed by atoms with Crippen molar-refractivity contribution in [2.24, 2.45) is 5.73 Å². The van der Waals surface area contributed by atoms with Gasteiger partial charge in [0, 0.05) is 29.7 Å². The van der Waals surface area contributed by atoms with E-state index in [4.69, 9.17) is 15.2 Å². The van der Waals surface area contributed by atoms with Crippen molar-refractivity contribution >= 4 is 43.5 Å². The Hall–Kier alpha value is -2.95. The lowest BCUT2D eigenvalue weighted by Gasteiger charge is -2.23. The average Bonchev–Trinajstić information content (AvgIpc) is 3.13. The molecular formula is C23H16BrF2N3O3S. The fourth-order valence-corrected chi connectivity index (χ4v) is 5.56. The predicted molar refractivity (Wildman–Crippen MR) is 123 cm³/mol. The quantitative estimate of drug-likeness (QED) is 0.348. The standard InChI is InChI=1S/C23H16BrF2N3O3S/c24-18-20-22(19(28-10-29-20)12-6-13(25)8-14(26)7-12)33-21(18)23(30)32-9-11-1-2-15-16(27)3-4-31-17(15)5-11/h1-2,5-8,10,16H,3-4,9,27H2/t16-/m0/s1. The molecule has 1 atom stereocenters. The van der Waals surface area contributed by atoms with Gasteiger partial charge >= 0.3 is 5.97 Å². The minimum atomic E-state index is -0.720. The summed E-state index contributed by atoms with van der Waals surface area (Å²) >= 11 is 4.50. The molecule has 1 aliphatic rings. The molecule has 2 aromatic heterocycles. The number of aromatic nitrogens is 2. The predicted octanol–water partition coefficient (Wildman–Crippen LogP) is 5.54. The summed E-state index contributed by atoms with van der Waals surface area (Å²) in [6.45, 7) is 0.587. The van der Waals surface area contributed by atoms with E-state index in [1.807, 2.05) is 18.2 Å². The molecule has 10 heteroatoms. The van der Waals surface area contributed by atoms with Crippen molar-refractivity contribution in [3.05, 3.63) is 74.8 Å². The van der Waals surface area contributed by atoms with Gasteiger partial charge in [-0.25, -0.2) is 23.5 Å². The van der Waals surface area contributed by atoms with Gasteiger partial charge in [-0.15, -0.1) is 11.3 Å². The van der Waals surface area contributed by atoms with Crippen molar-refractivity contribution in [2.45, 2.75) is 19.1 Å². The number of nitrogens with zero attached hydrogens (tertiary/aromatic N) is 2. The minimum absolute atomic E-state index is 0.0407. The molecule has 2 aromatic carbocycles. The van der Waals surface area contributed by atoms with Gasteiger partial charge in [-0.1, -0.05) is 12.1 Å². The van der Waals surface area contributed by atoms with E-state index >= 15 is 0 Å². The molecule has 0 amide bonds. The number of hydrogen-bond donors (Lipinski definition) is 1. The molecule has 5 rings (SSSR count). The Morgan fingerprint density at radius 3 is 2.79 bits per heavy atom. The SMILES string of the molecule is N[C@H]1CCOc2cc(COC(=O)c3sc4c(-c5cc(F)cc(F)c5)ncnc4c3Br)ccc21. The maximum absolute atomic E-state index is 13.7. The highest BCUT2D eigenvalue weighted by Crippen LogP contribution is 2.39. The lowest BCUT2D eigenvalue weighted by Crippen LogP contribution is -2.20. The van der Waals surface area contributed by atoms with Gasteiger partial charge in [0.2, 0.25) is 0 Å². The Labute approximate surface area is 199 Å². The lowest BCUT2D eigenvalue weighted by molar-refractivity contribution is 0.0477. The molecule has 4 aromatic rings. The Morgan fingerprint density at radius 2 is 2.00 bits per heavy atom. The highest BCUT2D eigenvalue weighted by Gasteiger charge is 2.23. The molecule has 0 saturated heterocycles. The minimum Gasteiger partial charge on any atom is -0.493 e. The maximum atomic E-state index is 13.7. The van der Waals surface area contributed by atoms with Gasteiger partial charge in [-0.2, -0.15) is 0 Å². The fraction of sp³-hybridized carbons (Fsp3) is 0.174. The van der Waals surface area contributed by atoms with Gasteiger partial charge in [-0.3, -0.25) is 0 Å². The molecule has 168 valence electrons. The van der Waals surface area contributed by atoms with Gasteiger partial charge in [0.1, 0.15) is 40.7 Å². The number of carbonyl (C=O) groups is 1. The van der Waals surface area contributed by atoms with Crippen LogP contribution in [-0.2, 0) is 11.3 Å². The number of rotatable bonds is 4. The number of nitrogens with two attached hydrogens (primary N) is 1. The van der Waals surface area contributed by atoms with E-state index in [9.17, 15) is 13.6 Å². The van der Waals surface area contributed by atoms with E-state index in [-0.39, 0.29) is 23.1 Å². The molecule has 0 fully saturated rings. The van der Waals surface area contributed by atoms with Crippen molar-refractivity contribution in [1.82, 2.24) is 9.97 Å². The first-order valence-corrected chi connectivity index (χ1v) is 11.6. The summed E-state index contributed by atoms with van der Waals surface area (Å²) in [6, 6.07) is 8.64. The molecule has 6 nitrogen and oxygen atoms in total. The van der Waals surface area contributed by atoms with Crippen LogP contribution in [0.2, 0.25) is 0 Å². The molecule has 2 N–H and O–H groups in total. The number of benzene rings is 2. The Morgan fingerprint density at radius 1 is 1.21 bits per heavy atom. The van der Waals surface area contributed by atoms with E-state index in [1.165, 1.54) is 18.5 Å². The number of esters is 1. The van der Waals surface area contributed by atoms with Crippen LogP contribution in [0.15, 0.2) is 47.2 Å². The van der Waals surface area contributed by atoms with E-state index in [0.717, 1.165) is 35.0 Å². The van der Waals surface area contributed by atoms with Crippen LogP contribution in [0.4, 0.5) is 8.78 Å². The van der Waals surface area contributed by atoms with Gasteiger partial charge in [-0.05, 0) is 39.7 Å². The smallest absolute Gasteiger partial charge is 0.349 e. The highest BCUT2D eigenvalue weighted by molar-refractivity contribution is 9.10. The summed E-state index contributed by atoms with van der Waals surface area (Å²) in [7, 11) is 0. The summed E-state index contributed by atoms with van der Waals surface area (Å²) in [4.78, 5) is 21.5. The fourth-order valence-electron chi connectivity index (χ4n) is 3.67. The first-order chi connectivity index (χ1) is 15.9. The largest absolute Gasteiger partial charge is 0.493 e. The van der Waals surface area contributed by atoms with E-state index in [2.05, 4.69) is 25.9 Å². The van der Waals surface area contributed by atoms with Crippen molar-refractivity contribution in [1.29, 1.82) is 0 Å². The average molecular weight is 532 g/mol. The molecular weight excluding hydrogens is 516 g/mol. The first-order valence-electron chi connectivity index (χ1n) is 9.98. The van der Waals surface area contributed by atoms with Crippen LogP contribution in [0.5, 0.6) is 5.75 Å². The van der Waals surface area contributed by atoms with Gasteiger partial charge < -0.3 is 15.2 Å². The number of fused-ring (bicyclic) bond motifs is 2. The second kappa shape index (κ2) is 8.77. The zero-order valence-corrected chi connectivity index (χ0v) is 19.4. The topological polar surface area (TPSA) is 87.3 Å². The van der Waals surface area contributed by atoms with Gasteiger partial charge in [0.15, 0.2) is 0 Å². The molecule has 1 aliphatic heterocycles. The summed E-state index contributed by atoms with van der Waals surface area (Å²) < 4.78 is 39.6. The summed E-state index contributed by atoms with van der Waals surface area (Å²) in [6.07, 6.45) is 2.04. The zero-order valence-electron chi connectivity index (χ0n) is 17.0. The monoisotopic (exact) mass is 531 g/mol. The Kier molecular flexibility index (Phi) is 5.81. The van der Waals surface area contributed by atoms with Gasteiger partial charge in [0.25, 0.3) is 0 Å². The Bertz CT molecular complexity index is 1370. The van der Waals surface area contributed by atoms with Crippen LogP contribution in [0, 0.1) is 11.6 Å². The number of halogens is 3. The molecule has 0 aliphatic carbocycles. The second-order valence-electron chi connectivity index (χ2n) is 7.50. The third kappa shape index (κ3) is 4.21. The molecule has 0 bridgehead atoms. The van der Waals surface area contributed by atoms with Crippen molar-refractivity contribution in [3.8, 4) is 17.0 Å². The molecule has 0 spiro atoms. The van der Waals surface area contributed by atoms with Crippen LogP contribution < -0.4 is 10.5 Å². The maximum Gasteiger partial charge on any atom is 0.349 e. The molecule has 3 heterocycles. The lowest BCUT2D eigenvalue weighted by atomic mass is 10.00. The highest BCUT2D eigenvalue weighted by atomic mass is 79.9. The van der Waals surface area contributed by atoms with Crippen LogP contribution in [0.3, 0.4) is 0 Å². The van der Waals surface area contributed by atoms with Crippen LogP contribution in [0.25, 0.3) is 21.5 Å². The van der Waals surface area contributed by atoms with Crippen LogP contribution in [0.1, 0.15) is 33.3 Å². The summed E-state index contributed by atoms with van der Waals surface area (Å²) in [5, 5.41) is 0. The Balaban J connectivity index is 1.42. The molecule has 33 heavy (non-hydrogen) atoms. The third-order valence-electron chi connectivity index (χ3n) is 5.27. The third-order valence-corrected chi connectivity index (χ3v) is 7.47. The summed E-state index contributed by atoms with van der Waals surface area (Å²) in [5.41, 5.74) is 8.83. The zero-order chi connectivity index (χ0) is 23.1. The van der Waals surface area contributed by atoms with Crippen molar-refractivity contribution in [2.75, 3.05) is 6.61 Å². The van der Waals surface area contributed by atoms with Gasteiger partial charge in [0.05, 0.1) is 21.5 Å². The number of ether oxygens (including phenoxy) is 2. The van der Waals surface area contributed by atoms with Crippen molar-refractivity contribution < 1.29 is 23.0 Å². The van der Waals surface area contributed by atoms with E-state index < -0.39 is 17.6 Å². The van der Waals surface area contributed by atoms with Crippen LogP contribution >= 0.6 is 27.3 Å².